The minimum Gasteiger partial charge on any atom is -0.364 e. The fraction of sp³-hybridized carbons (Fsp3) is 0.364. The second-order valence-electron chi connectivity index (χ2n) is 3.00. The molecule has 0 saturated carbocycles. The monoisotopic (exact) mass is 260 g/mol. The van der Waals surface area contributed by atoms with Crippen molar-refractivity contribution in [3.63, 3.8) is 0 Å². The summed E-state index contributed by atoms with van der Waals surface area (Å²) >= 11 is 0. The summed E-state index contributed by atoms with van der Waals surface area (Å²) in [4.78, 5) is 12.7. The summed E-state index contributed by atoms with van der Waals surface area (Å²) in [5.41, 5.74) is 0.0748. The molecule has 1 aromatic carbocycles. The van der Waals surface area contributed by atoms with Crippen molar-refractivity contribution in [2.24, 2.45) is 0 Å². The number of benzene rings is 1. The van der Waals surface area contributed by atoms with Gasteiger partial charge in [0.15, 0.2) is 0 Å². The van der Waals surface area contributed by atoms with Crippen molar-refractivity contribution < 1.29 is 35.3 Å². The molecule has 1 rings (SSSR count). The average molecular weight is 260 g/mol. The van der Waals surface area contributed by atoms with Crippen molar-refractivity contribution in [1.29, 1.82) is 0 Å². The van der Waals surface area contributed by atoms with Crippen molar-refractivity contribution in [2.45, 2.75) is 20.3 Å². The Bertz CT molecular complexity index is 371. The number of carbonyl (C=O) groups excluding carboxylic acids is 1. The van der Waals surface area contributed by atoms with Crippen molar-refractivity contribution in [3.8, 4) is 0 Å². The van der Waals surface area contributed by atoms with E-state index < -0.39 is 11.6 Å². The maximum atomic E-state index is 13.3. The molecule has 0 saturated heterocycles. The average Bonchev–Trinajstić information content (AvgIpc) is 2.21. The molecule has 2 nitrogen and oxygen atoms in total. The fourth-order valence-electron chi connectivity index (χ4n) is 1.32. The maximum absolute atomic E-state index is 13.3. The van der Waals surface area contributed by atoms with Crippen LogP contribution in [0.5, 0.6) is 0 Å². The summed E-state index contributed by atoms with van der Waals surface area (Å²) in [7, 11) is 0. The number of rotatable bonds is 3. The van der Waals surface area contributed by atoms with Gasteiger partial charge in [-0.1, -0.05) is 6.92 Å². The summed E-state index contributed by atoms with van der Waals surface area (Å²) in [5, 5.41) is 0. The summed E-state index contributed by atoms with van der Waals surface area (Å²) in [6.45, 7) is 3.77. The quantitative estimate of drug-likeness (QED) is 0.604. The first-order chi connectivity index (χ1) is 7.10. The predicted molar refractivity (Wildman–Crippen MR) is 53.5 cm³/mol. The minimum atomic E-state index is -0.835. The molecular weight excluding hydrogens is 248 g/mol. The van der Waals surface area contributed by atoms with Crippen LogP contribution >= 0.6 is 0 Å². The molecule has 0 bridgehead atoms. The van der Waals surface area contributed by atoms with Gasteiger partial charge in [0.2, 0.25) is 5.91 Å². The number of nitrogens with zero attached hydrogens (tertiary/aromatic N) is 1. The summed E-state index contributed by atoms with van der Waals surface area (Å²) < 4.78 is 25.9. The van der Waals surface area contributed by atoms with Gasteiger partial charge in [-0.3, -0.25) is 4.79 Å². The normalized spacial score (nSPS) is 9.50. The molecule has 0 aliphatic heterocycles. The third-order valence-electron chi connectivity index (χ3n) is 2.05. The van der Waals surface area contributed by atoms with E-state index in [9.17, 15) is 13.6 Å². The van der Waals surface area contributed by atoms with Crippen LogP contribution in [0.3, 0.4) is 0 Å². The Morgan fingerprint density at radius 2 is 2.00 bits per heavy atom. The van der Waals surface area contributed by atoms with Gasteiger partial charge >= 0.3 is 0 Å². The smallest absolute Gasteiger partial charge is 0.215 e. The van der Waals surface area contributed by atoms with Gasteiger partial charge in [0.25, 0.3) is 0 Å². The second-order valence-corrected chi connectivity index (χ2v) is 3.00. The standard InChI is InChI=1S/C11H12F2NO.Ti/c1-3-11(15)14(4-2)10-6-5-8(12)7-9(10)13;/h5-6H,3-4H2,1-2H3;/q-1;. The zero-order valence-corrected chi connectivity index (χ0v) is 10.7. The first kappa shape index (κ1) is 15.3. The van der Waals surface area contributed by atoms with Gasteiger partial charge in [-0.05, 0) is 12.6 Å². The van der Waals surface area contributed by atoms with E-state index >= 15 is 0 Å². The van der Waals surface area contributed by atoms with Crippen LogP contribution in [0.2, 0.25) is 0 Å². The zero-order chi connectivity index (χ0) is 11.4. The van der Waals surface area contributed by atoms with E-state index in [-0.39, 0.29) is 39.7 Å². The van der Waals surface area contributed by atoms with Gasteiger partial charge < -0.3 is 4.90 Å². The van der Waals surface area contributed by atoms with Crippen molar-refractivity contribution in [2.75, 3.05) is 11.4 Å². The molecule has 0 atom stereocenters. The van der Waals surface area contributed by atoms with E-state index in [1.165, 1.54) is 11.0 Å². The van der Waals surface area contributed by atoms with Crippen molar-refractivity contribution in [3.05, 3.63) is 29.8 Å². The van der Waals surface area contributed by atoms with Gasteiger partial charge in [0.05, 0.1) is 0 Å². The predicted octanol–water partition coefficient (Wildman–Crippen LogP) is 2.53. The van der Waals surface area contributed by atoms with Gasteiger partial charge in [-0.25, -0.2) is 8.78 Å². The molecule has 1 amide bonds. The van der Waals surface area contributed by atoms with E-state index in [0.717, 1.165) is 6.07 Å². The largest absolute Gasteiger partial charge is 0.364 e. The molecule has 0 aromatic heterocycles. The van der Waals surface area contributed by atoms with Crippen LogP contribution < -0.4 is 4.90 Å². The third-order valence-corrected chi connectivity index (χ3v) is 2.05. The Hall–Kier alpha value is -0.736. The molecule has 5 heteroatoms. The van der Waals surface area contributed by atoms with Crippen LogP contribution in [0.15, 0.2) is 12.1 Å². The van der Waals surface area contributed by atoms with Crippen LogP contribution in [0, 0.1) is 17.7 Å². The van der Waals surface area contributed by atoms with E-state index in [1.807, 2.05) is 6.07 Å². The van der Waals surface area contributed by atoms with Crippen LogP contribution in [0.25, 0.3) is 0 Å². The summed E-state index contributed by atoms with van der Waals surface area (Å²) in [5.74, 6) is -1.80. The Morgan fingerprint density at radius 1 is 1.38 bits per heavy atom. The van der Waals surface area contributed by atoms with Gasteiger partial charge in [0, 0.05) is 46.3 Å². The molecule has 0 aliphatic carbocycles. The SMILES string of the molecule is CCC(=O)N(CC)c1ccc(F)[c-]c1F.[Ti]. The molecule has 0 aliphatic rings. The number of amides is 1. The van der Waals surface area contributed by atoms with Gasteiger partial charge in [-0.2, -0.15) is 0 Å². The van der Waals surface area contributed by atoms with Crippen LogP contribution in [0.1, 0.15) is 20.3 Å². The first-order valence-electron chi connectivity index (χ1n) is 4.77. The number of carbonyl (C=O) groups is 1. The fourth-order valence-corrected chi connectivity index (χ4v) is 1.32. The molecule has 0 spiro atoms. The van der Waals surface area contributed by atoms with Crippen molar-refractivity contribution in [1.82, 2.24) is 0 Å². The number of hydrogen-bond acceptors (Lipinski definition) is 1. The van der Waals surface area contributed by atoms with Gasteiger partial charge in [-0.15, -0.1) is 18.2 Å². The first-order valence-corrected chi connectivity index (χ1v) is 4.77. The topological polar surface area (TPSA) is 20.3 Å². The second kappa shape index (κ2) is 6.76. The molecule has 0 unspecified atom stereocenters. The van der Waals surface area contributed by atoms with Crippen LogP contribution in [-0.2, 0) is 26.5 Å². The Kier molecular flexibility index (Phi) is 6.45. The molecule has 1 aromatic rings. The molecule has 0 fully saturated rings. The maximum Gasteiger partial charge on any atom is 0.215 e. The number of hydrogen-bond donors (Lipinski definition) is 0. The van der Waals surface area contributed by atoms with Crippen molar-refractivity contribution >= 4 is 11.6 Å². The molecule has 16 heavy (non-hydrogen) atoms. The molecule has 86 valence electrons. The zero-order valence-electron chi connectivity index (χ0n) is 9.18. The molecular formula is C11H12F2NOTi-. The molecule has 0 N–H and O–H groups in total. The minimum absolute atomic E-state index is 0. The third kappa shape index (κ3) is 3.39. The Morgan fingerprint density at radius 3 is 2.44 bits per heavy atom. The van der Waals surface area contributed by atoms with Crippen LogP contribution in [-0.4, -0.2) is 12.5 Å². The van der Waals surface area contributed by atoms with E-state index in [0.29, 0.717) is 6.54 Å². The molecule has 0 radical (unpaired) electrons. The Labute approximate surface area is 109 Å². The van der Waals surface area contributed by atoms with E-state index in [4.69, 9.17) is 0 Å². The molecule has 0 heterocycles. The summed E-state index contributed by atoms with van der Waals surface area (Å²) in [6.07, 6.45) is 0.282. The van der Waals surface area contributed by atoms with Gasteiger partial charge in [0.1, 0.15) is 0 Å². The van der Waals surface area contributed by atoms with E-state index in [1.54, 1.807) is 13.8 Å². The van der Waals surface area contributed by atoms with Crippen LogP contribution in [0.4, 0.5) is 14.5 Å². The number of anilines is 1. The summed E-state index contributed by atoms with van der Waals surface area (Å²) in [6, 6.07) is 4.24. The Balaban J connectivity index is 0.00000225. The number of halogens is 2. The van der Waals surface area contributed by atoms with E-state index in [2.05, 4.69) is 0 Å².